The molecule has 20 heavy (non-hydrogen) atoms. The summed E-state index contributed by atoms with van der Waals surface area (Å²) in [7, 11) is 0. The van der Waals surface area contributed by atoms with Gasteiger partial charge >= 0.3 is 0 Å². The molecule has 118 valence electrons. The van der Waals surface area contributed by atoms with Crippen LogP contribution < -0.4 is 11.1 Å². The van der Waals surface area contributed by atoms with Crippen LogP contribution in [0.15, 0.2) is 0 Å². The Bertz CT molecular complexity index is 247. The van der Waals surface area contributed by atoms with Crippen molar-refractivity contribution in [1.29, 1.82) is 0 Å². The Morgan fingerprint density at radius 1 is 0.950 bits per heavy atom. The Labute approximate surface area is 124 Å². The van der Waals surface area contributed by atoms with Crippen molar-refractivity contribution in [3.8, 4) is 0 Å². The fourth-order valence-electron chi connectivity index (χ4n) is 3.92. The summed E-state index contributed by atoms with van der Waals surface area (Å²) < 4.78 is 0. The van der Waals surface area contributed by atoms with Gasteiger partial charge in [-0.3, -0.25) is 0 Å². The van der Waals surface area contributed by atoms with Gasteiger partial charge in [0.15, 0.2) is 0 Å². The molecule has 3 heteroatoms. The summed E-state index contributed by atoms with van der Waals surface area (Å²) in [6, 6.07) is 0.664. The Hall–Kier alpha value is -0.120. The predicted molar refractivity (Wildman–Crippen MR) is 84.7 cm³/mol. The van der Waals surface area contributed by atoms with Crippen molar-refractivity contribution < 1.29 is 5.11 Å². The van der Waals surface area contributed by atoms with Gasteiger partial charge in [0.05, 0.1) is 6.10 Å². The normalized spacial score (nSPS) is 25.5. The van der Waals surface area contributed by atoms with Crippen LogP contribution in [0.5, 0.6) is 0 Å². The molecular formula is C17H34N2O. The molecule has 0 spiro atoms. The summed E-state index contributed by atoms with van der Waals surface area (Å²) >= 11 is 0. The monoisotopic (exact) mass is 282 g/mol. The van der Waals surface area contributed by atoms with Crippen molar-refractivity contribution in [3.05, 3.63) is 0 Å². The summed E-state index contributed by atoms with van der Waals surface area (Å²) in [5, 5.41) is 13.8. The number of nitrogens with one attached hydrogen (secondary N) is 1. The molecule has 2 aliphatic rings. The van der Waals surface area contributed by atoms with E-state index in [1.54, 1.807) is 0 Å². The van der Waals surface area contributed by atoms with E-state index >= 15 is 0 Å². The molecule has 0 aromatic rings. The number of rotatable bonds is 7. The lowest BCUT2D eigenvalue weighted by Crippen LogP contribution is -2.40. The summed E-state index contributed by atoms with van der Waals surface area (Å²) in [5.41, 5.74) is 6.19. The van der Waals surface area contributed by atoms with E-state index in [9.17, 15) is 5.11 Å². The van der Waals surface area contributed by atoms with Crippen molar-refractivity contribution >= 4 is 0 Å². The summed E-state index contributed by atoms with van der Waals surface area (Å²) in [4.78, 5) is 0. The molecule has 4 N–H and O–H groups in total. The van der Waals surface area contributed by atoms with Crippen LogP contribution in [0.2, 0.25) is 0 Å². The quantitative estimate of drug-likeness (QED) is 0.673. The highest BCUT2D eigenvalue weighted by atomic mass is 16.3. The highest BCUT2D eigenvalue weighted by Gasteiger charge is 2.21. The first-order valence-electron chi connectivity index (χ1n) is 8.92. The second kappa shape index (κ2) is 9.01. The smallest absolute Gasteiger partial charge is 0.0703 e. The van der Waals surface area contributed by atoms with Crippen LogP contribution in [0.25, 0.3) is 0 Å². The average molecular weight is 282 g/mol. The molecule has 2 aliphatic carbocycles. The minimum atomic E-state index is -0.326. The third-order valence-electron chi connectivity index (χ3n) is 5.30. The van der Waals surface area contributed by atoms with Crippen molar-refractivity contribution in [3.63, 3.8) is 0 Å². The van der Waals surface area contributed by atoms with E-state index in [-0.39, 0.29) is 12.1 Å². The van der Waals surface area contributed by atoms with Crippen LogP contribution in [0.1, 0.15) is 77.0 Å². The first-order valence-corrected chi connectivity index (χ1v) is 8.92. The molecule has 0 aromatic heterocycles. The van der Waals surface area contributed by atoms with Crippen LogP contribution in [0, 0.1) is 5.92 Å². The number of nitrogens with two attached hydrogens (primary N) is 1. The minimum Gasteiger partial charge on any atom is -0.391 e. The van der Waals surface area contributed by atoms with Crippen LogP contribution >= 0.6 is 0 Å². The predicted octanol–water partition coefficient (Wildman–Crippen LogP) is 2.96. The van der Waals surface area contributed by atoms with Crippen LogP contribution in [0.4, 0.5) is 0 Å². The average Bonchev–Trinajstić information content (AvgIpc) is 2.49. The van der Waals surface area contributed by atoms with E-state index in [1.165, 1.54) is 64.2 Å². The van der Waals surface area contributed by atoms with Crippen LogP contribution in [-0.2, 0) is 0 Å². The Balaban J connectivity index is 1.56. The first kappa shape index (κ1) is 16.3. The lowest BCUT2D eigenvalue weighted by atomic mass is 9.83. The zero-order chi connectivity index (χ0) is 14.2. The minimum absolute atomic E-state index is 0.0220. The summed E-state index contributed by atoms with van der Waals surface area (Å²) in [6.07, 6.45) is 15.0. The Morgan fingerprint density at radius 2 is 1.55 bits per heavy atom. The van der Waals surface area contributed by atoms with Gasteiger partial charge in [0.1, 0.15) is 0 Å². The SMILES string of the molecule is NC(CC1CCCCC1)[C@@H](O)CCNC1CCCCC1. The zero-order valence-electron chi connectivity index (χ0n) is 13.0. The van der Waals surface area contributed by atoms with Gasteiger partial charge in [-0.1, -0.05) is 51.4 Å². The molecule has 0 bridgehead atoms. The molecule has 2 fully saturated rings. The Morgan fingerprint density at radius 3 is 2.20 bits per heavy atom. The fraction of sp³-hybridized carbons (Fsp3) is 1.00. The van der Waals surface area contributed by atoms with Crippen molar-refractivity contribution in [1.82, 2.24) is 5.32 Å². The molecule has 0 aromatic carbocycles. The number of aliphatic hydroxyl groups excluding tert-OH is 1. The maximum atomic E-state index is 10.2. The van der Waals surface area contributed by atoms with Crippen molar-refractivity contribution in [2.45, 2.75) is 95.2 Å². The van der Waals surface area contributed by atoms with Crippen LogP contribution in [0.3, 0.4) is 0 Å². The lowest BCUT2D eigenvalue weighted by Gasteiger charge is -2.28. The van der Waals surface area contributed by atoms with Crippen LogP contribution in [-0.4, -0.2) is 29.8 Å². The zero-order valence-corrected chi connectivity index (χ0v) is 13.0. The number of hydrogen-bond acceptors (Lipinski definition) is 3. The maximum absolute atomic E-state index is 10.2. The van der Waals surface area contributed by atoms with Gasteiger partial charge in [-0.25, -0.2) is 0 Å². The molecule has 2 atom stereocenters. The third-order valence-corrected chi connectivity index (χ3v) is 5.30. The van der Waals surface area contributed by atoms with Gasteiger partial charge in [-0.2, -0.15) is 0 Å². The van der Waals surface area contributed by atoms with Crippen molar-refractivity contribution in [2.24, 2.45) is 11.7 Å². The van der Waals surface area contributed by atoms with Gasteiger partial charge in [-0.05, 0) is 38.1 Å². The summed E-state index contributed by atoms with van der Waals surface area (Å²) in [5.74, 6) is 0.764. The summed E-state index contributed by atoms with van der Waals surface area (Å²) in [6.45, 7) is 0.921. The Kier molecular flexibility index (Phi) is 7.32. The molecule has 3 nitrogen and oxygen atoms in total. The molecule has 0 saturated heterocycles. The lowest BCUT2D eigenvalue weighted by molar-refractivity contribution is 0.116. The number of hydrogen-bond donors (Lipinski definition) is 3. The highest BCUT2D eigenvalue weighted by molar-refractivity contribution is 4.79. The maximum Gasteiger partial charge on any atom is 0.0703 e. The standard InChI is InChI=1S/C17H34N2O/c18-16(13-14-7-3-1-4-8-14)17(20)11-12-19-15-9-5-2-6-10-15/h14-17,19-20H,1-13,18H2/t16?,17-/m0/s1. The third kappa shape index (κ3) is 5.71. The van der Waals surface area contributed by atoms with E-state index in [1.807, 2.05) is 0 Å². The topological polar surface area (TPSA) is 58.3 Å². The van der Waals surface area contributed by atoms with E-state index < -0.39 is 0 Å². The molecular weight excluding hydrogens is 248 g/mol. The van der Waals surface area contributed by atoms with E-state index in [4.69, 9.17) is 5.73 Å². The van der Waals surface area contributed by atoms with Gasteiger partial charge in [-0.15, -0.1) is 0 Å². The van der Waals surface area contributed by atoms with Gasteiger partial charge in [0.25, 0.3) is 0 Å². The van der Waals surface area contributed by atoms with Gasteiger partial charge in [0.2, 0.25) is 0 Å². The second-order valence-electron chi connectivity index (χ2n) is 7.05. The van der Waals surface area contributed by atoms with E-state index in [0.29, 0.717) is 6.04 Å². The number of aliphatic hydroxyl groups is 1. The second-order valence-corrected chi connectivity index (χ2v) is 7.05. The largest absolute Gasteiger partial charge is 0.391 e. The molecule has 2 saturated carbocycles. The fourth-order valence-corrected chi connectivity index (χ4v) is 3.92. The van der Waals surface area contributed by atoms with E-state index in [2.05, 4.69) is 5.32 Å². The highest BCUT2D eigenvalue weighted by Crippen LogP contribution is 2.27. The van der Waals surface area contributed by atoms with Crippen molar-refractivity contribution in [2.75, 3.05) is 6.54 Å². The molecule has 0 radical (unpaired) electrons. The van der Waals surface area contributed by atoms with Gasteiger partial charge < -0.3 is 16.2 Å². The first-order chi connectivity index (χ1) is 9.75. The molecule has 1 unspecified atom stereocenters. The molecule has 0 heterocycles. The molecule has 2 rings (SSSR count). The van der Waals surface area contributed by atoms with E-state index in [0.717, 1.165) is 25.3 Å². The molecule has 0 aliphatic heterocycles. The molecule has 0 amide bonds. The van der Waals surface area contributed by atoms with Gasteiger partial charge in [0, 0.05) is 12.1 Å².